The lowest BCUT2D eigenvalue weighted by Crippen LogP contribution is -2.41. The summed E-state index contributed by atoms with van der Waals surface area (Å²) in [4.78, 5) is 2.73. The molecule has 162 valence electrons. The van der Waals surface area contributed by atoms with Crippen molar-refractivity contribution in [2.24, 2.45) is 5.92 Å². The Morgan fingerprint density at radius 1 is 1.10 bits per heavy atom. The van der Waals surface area contributed by atoms with Crippen molar-refractivity contribution < 1.29 is 13.2 Å². The second-order valence-electron chi connectivity index (χ2n) is 8.54. The normalized spacial score (nSPS) is 21.1. The van der Waals surface area contributed by atoms with Crippen LogP contribution >= 0.6 is 0 Å². The molecule has 0 unspecified atom stereocenters. The van der Waals surface area contributed by atoms with Crippen LogP contribution < -0.4 is 4.74 Å². The second-order valence-corrected chi connectivity index (χ2v) is 10.3. The standard InChI is InChI=1S/C25H28N2O3S/c1-4-18-10-13-22-25-20(14-15-26(22)16-18)24-21(6-5-7-23(24)30-3)27(25)31(28,29)19-11-8-17(2)9-12-19/h5-13,18,22H,4,14-16H2,1-3H3/t18-,22+/m1/s1. The average Bonchev–Trinajstić information content (AvgIpc) is 3.14. The molecular formula is C25H28N2O3S. The van der Waals surface area contributed by atoms with Crippen LogP contribution in [-0.4, -0.2) is 37.5 Å². The molecule has 1 aromatic heterocycles. The summed E-state index contributed by atoms with van der Waals surface area (Å²) < 4.78 is 35.2. The van der Waals surface area contributed by atoms with Gasteiger partial charge in [0.25, 0.3) is 10.0 Å². The lowest BCUT2D eigenvalue weighted by molar-refractivity contribution is 0.179. The molecule has 6 heteroatoms. The first-order chi connectivity index (χ1) is 15.0. The molecule has 3 aromatic rings. The minimum Gasteiger partial charge on any atom is -0.496 e. The van der Waals surface area contributed by atoms with Crippen molar-refractivity contribution in [3.63, 3.8) is 0 Å². The van der Waals surface area contributed by atoms with Gasteiger partial charge in [-0.05, 0) is 55.5 Å². The van der Waals surface area contributed by atoms with Gasteiger partial charge in [-0.2, -0.15) is 0 Å². The van der Waals surface area contributed by atoms with Gasteiger partial charge >= 0.3 is 0 Å². The predicted molar refractivity (Wildman–Crippen MR) is 123 cm³/mol. The van der Waals surface area contributed by atoms with Crippen LogP contribution in [0.3, 0.4) is 0 Å². The summed E-state index contributed by atoms with van der Waals surface area (Å²) >= 11 is 0. The Bertz CT molecular complexity index is 1270. The number of nitrogens with zero attached hydrogens (tertiary/aromatic N) is 2. The van der Waals surface area contributed by atoms with Gasteiger partial charge < -0.3 is 4.74 Å². The molecule has 0 aliphatic carbocycles. The number of methoxy groups -OCH3 is 1. The summed E-state index contributed by atoms with van der Waals surface area (Å²) in [6, 6.07) is 12.7. The number of benzene rings is 2. The topological polar surface area (TPSA) is 51.5 Å². The third-order valence-corrected chi connectivity index (χ3v) is 8.46. The minimum atomic E-state index is -3.77. The van der Waals surface area contributed by atoms with Gasteiger partial charge in [-0.15, -0.1) is 0 Å². The molecule has 0 bridgehead atoms. The first-order valence-electron chi connectivity index (χ1n) is 10.9. The first-order valence-corrected chi connectivity index (χ1v) is 12.3. The first kappa shape index (κ1) is 20.3. The lowest BCUT2D eigenvalue weighted by atomic mass is 9.90. The molecule has 2 atom stereocenters. The Morgan fingerprint density at radius 2 is 1.87 bits per heavy atom. The monoisotopic (exact) mass is 436 g/mol. The highest BCUT2D eigenvalue weighted by molar-refractivity contribution is 7.90. The fraction of sp³-hybridized carbons (Fsp3) is 0.360. The Balaban J connectivity index is 1.82. The van der Waals surface area contributed by atoms with Crippen LogP contribution in [-0.2, 0) is 16.4 Å². The van der Waals surface area contributed by atoms with Gasteiger partial charge in [-0.25, -0.2) is 12.4 Å². The predicted octanol–water partition coefficient (Wildman–Crippen LogP) is 4.69. The number of hydrogen-bond donors (Lipinski definition) is 0. The molecule has 0 spiro atoms. The zero-order valence-electron chi connectivity index (χ0n) is 18.2. The van der Waals surface area contributed by atoms with Crippen molar-refractivity contribution in [3.8, 4) is 5.75 Å². The third kappa shape index (κ3) is 3.12. The van der Waals surface area contributed by atoms with Crippen molar-refractivity contribution in [2.45, 2.75) is 37.6 Å². The quantitative estimate of drug-likeness (QED) is 0.557. The molecular weight excluding hydrogens is 408 g/mol. The largest absolute Gasteiger partial charge is 0.496 e. The van der Waals surface area contributed by atoms with Crippen molar-refractivity contribution in [2.75, 3.05) is 20.2 Å². The SMILES string of the molecule is CC[C@@H]1C=C[C@H]2c3c(c4c(OC)cccc4n3S(=O)(=O)c3ccc(C)cc3)CCN2C1. The molecule has 3 heterocycles. The average molecular weight is 437 g/mol. The molecule has 0 saturated heterocycles. The van der Waals surface area contributed by atoms with E-state index < -0.39 is 10.0 Å². The minimum absolute atomic E-state index is 0.0520. The Kier molecular flexibility index (Phi) is 4.94. The fourth-order valence-corrected chi connectivity index (χ4v) is 6.62. The van der Waals surface area contributed by atoms with E-state index in [9.17, 15) is 8.42 Å². The maximum absolute atomic E-state index is 14.0. The maximum Gasteiger partial charge on any atom is 0.268 e. The zero-order chi connectivity index (χ0) is 21.8. The number of aryl methyl sites for hydroxylation is 1. The van der Waals surface area contributed by atoms with Crippen molar-refractivity contribution >= 4 is 20.9 Å². The van der Waals surface area contributed by atoms with Crippen molar-refractivity contribution in [3.05, 3.63) is 71.4 Å². The van der Waals surface area contributed by atoms with E-state index >= 15 is 0 Å². The van der Waals surface area contributed by atoms with E-state index in [1.54, 1.807) is 23.2 Å². The fourth-order valence-electron chi connectivity index (χ4n) is 5.04. The molecule has 0 fully saturated rings. The molecule has 2 aliphatic rings. The van der Waals surface area contributed by atoms with Gasteiger partial charge in [-0.1, -0.05) is 42.8 Å². The van der Waals surface area contributed by atoms with E-state index in [1.165, 1.54) is 0 Å². The van der Waals surface area contributed by atoms with E-state index in [2.05, 4.69) is 24.0 Å². The lowest BCUT2D eigenvalue weighted by Gasteiger charge is -2.39. The van der Waals surface area contributed by atoms with Crippen LogP contribution in [0.4, 0.5) is 0 Å². The maximum atomic E-state index is 14.0. The van der Waals surface area contributed by atoms with Gasteiger partial charge in [0, 0.05) is 18.5 Å². The molecule has 0 N–H and O–H groups in total. The Labute approximate surface area is 184 Å². The number of rotatable bonds is 4. The van der Waals surface area contributed by atoms with E-state index in [0.29, 0.717) is 16.3 Å². The molecule has 5 nitrogen and oxygen atoms in total. The molecule has 31 heavy (non-hydrogen) atoms. The molecule has 2 aromatic carbocycles. The van der Waals surface area contributed by atoms with E-state index in [4.69, 9.17) is 4.74 Å². The smallest absolute Gasteiger partial charge is 0.268 e. The molecule has 0 amide bonds. The molecule has 0 radical (unpaired) electrons. The van der Waals surface area contributed by atoms with E-state index in [-0.39, 0.29) is 6.04 Å². The van der Waals surface area contributed by atoms with Crippen LogP contribution in [0.25, 0.3) is 10.9 Å². The summed E-state index contributed by atoms with van der Waals surface area (Å²) in [5.74, 6) is 1.24. The molecule has 2 aliphatic heterocycles. The van der Waals surface area contributed by atoms with Crippen LogP contribution in [0, 0.1) is 12.8 Å². The summed E-state index contributed by atoms with van der Waals surface area (Å²) in [6.45, 7) is 6.04. The summed E-state index contributed by atoms with van der Waals surface area (Å²) in [7, 11) is -2.13. The van der Waals surface area contributed by atoms with Crippen LogP contribution in [0.2, 0.25) is 0 Å². The number of aromatic nitrogens is 1. The molecule has 5 rings (SSSR count). The van der Waals surface area contributed by atoms with Crippen LogP contribution in [0.1, 0.15) is 36.2 Å². The van der Waals surface area contributed by atoms with Crippen molar-refractivity contribution in [1.29, 1.82) is 0 Å². The van der Waals surface area contributed by atoms with Gasteiger partial charge in [0.1, 0.15) is 5.75 Å². The van der Waals surface area contributed by atoms with Gasteiger partial charge in [0.05, 0.1) is 29.3 Å². The molecule has 0 saturated carbocycles. The highest BCUT2D eigenvalue weighted by atomic mass is 32.2. The number of fused-ring (bicyclic) bond motifs is 5. The third-order valence-electron chi connectivity index (χ3n) is 6.71. The van der Waals surface area contributed by atoms with Gasteiger partial charge in [0.2, 0.25) is 0 Å². The zero-order valence-corrected chi connectivity index (χ0v) is 19.0. The summed E-state index contributed by atoms with van der Waals surface area (Å²) in [6.07, 6.45) is 6.35. The van der Waals surface area contributed by atoms with Crippen molar-refractivity contribution in [1.82, 2.24) is 8.87 Å². The summed E-state index contributed by atoms with van der Waals surface area (Å²) in [5, 5.41) is 0.918. The number of ether oxygens (including phenoxy) is 1. The van der Waals surface area contributed by atoms with E-state index in [1.807, 2.05) is 37.3 Å². The summed E-state index contributed by atoms with van der Waals surface area (Å²) in [5.41, 5.74) is 3.67. The number of hydrogen-bond acceptors (Lipinski definition) is 4. The Hall–Kier alpha value is -2.57. The highest BCUT2D eigenvalue weighted by Crippen LogP contribution is 2.44. The Morgan fingerprint density at radius 3 is 2.58 bits per heavy atom. The van der Waals surface area contributed by atoms with Gasteiger partial charge in [0.15, 0.2) is 0 Å². The van der Waals surface area contributed by atoms with Gasteiger partial charge in [-0.3, -0.25) is 4.90 Å². The highest BCUT2D eigenvalue weighted by Gasteiger charge is 2.38. The van der Waals surface area contributed by atoms with E-state index in [0.717, 1.165) is 53.9 Å². The van der Waals surface area contributed by atoms with Crippen LogP contribution in [0.15, 0.2) is 59.5 Å². The second kappa shape index (κ2) is 7.53. The van der Waals surface area contributed by atoms with Crippen LogP contribution in [0.5, 0.6) is 5.75 Å².